The van der Waals surface area contributed by atoms with Crippen molar-refractivity contribution in [3.63, 3.8) is 0 Å². The molecular weight excluding hydrogens is 376 g/mol. The van der Waals surface area contributed by atoms with Crippen LogP contribution in [-0.4, -0.2) is 20.1 Å². The summed E-state index contributed by atoms with van der Waals surface area (Å²) in [7, 11) is 0. The Hall–Kier alpha value is -3.97. The topological polar surface area (TPSA) is 95.0 Å². The van der Waals surface area contributed by atoms with Crippen molar-refractivity contribution in [3.8, 4) is 0 Å². The molecule has 0 aliphatic heterocycles. The lowest BCUT2D eigenvalue weighted by molar-refractivity contribution is 0.207. The van der Waals surface area contributed by atoms with Crippen LogP contribution in [0.1, 0.15) is 23.5 Å². The number of rotatable bonds is 8. The van der Waals surface area contributed by atoms with Crippen LogP contribution in [0.25, 0.3) is 0 Å². The fourth-order valence-electron chi connectivity index (χ4n) is 2.94. The van der Waals surface area contributed by atoms with Gasteiger partial charge in [0.15, 0.2) is 6.23 Å². The average Bonchev–Trinajstić information content (AvgIpc) is 2.81. The van der Waals surface area contributed by atoms with Gasteiger partial charge in [0, 0.05) is 24.2 Å². The van der Waals surface area contributed by atoms with Gasteiger partial charge in [0.05, 0.1) is 0 Å². The van der Waals surface area contributed by atoms with Gasteiger partial charge in [-0.2, -0.15) is 0 Å². The summed E-state index contributed by atoms with van der Waals surface area (Å²) in [5.74, 6) is 2.10. The first-order chi connectivity index (χ1) is 14.8. The Labute approximate surface area is 174 Å². The highest BCUT2D eigenvalue weighted by Crippen LogP contribution is 2.23. The van der Waals surface area contributed by atoms with Crippen LogP contribution in [0, 0.1) is 0 Å². The summed E-state index contributed by atoms with van der Waals surface area (Å²) in [5, 5.41) is 20.2. The first-order valence-electron chi connectivity index (χ1n) is 9.58. The van der Waals surface area contributed by atoms with E-state index in [1.165, 1.54) is 0 Å². The molecule has 7 nitrogen and oxygen atoms in total. The van der Waals surface area contributed by atoms with Gasteiger partial charge >= 0.3 is 0 Å². The Morgan fingerprint density at radius 2 is 0.967 bits per heavy atom. The van der Waals surface area contributed by atoms with Crippen molar-refractivity contribution in [2.45, 2.75) is 12.4 Å². The standard InChI is InChI=1S/C23H22N6O/c30-23(29-21-9-3-6-16-26-21)18-12-10-17(11-13-18)22(27-19-7-1-4-14-24-19)28-20-8-2-5-15-25-20/h1-16,22-23,30H,(H,24,27)(H,25,28)(H,26,29). The summed E-state index contributed by atoms with van der Waals surface area (Å²) < 4.78 is 0. The molecule has 0 saturated carbocycles. The summed E-state index contributed by atoms with van der Waals surface area (Å²) in [6, 6.07) is 24.6. The Balaban J connectivity index is 1.52. The maximum atomic E-state index is 10.5. The molecule has 30 heavy (non-hydrogen) atoms. The van der Waals surface area contributed by atoms with Crippen LogP contribution in [0.2, 0.25) is 0 Å². The SMILES string of the molecule is OC(Nc1ccccn1)c1ccc(C(Nc2ccccn2)Nc2ccccn2)cc1. The van der Waals surface area contributed by atoms with Crippen LogP contribution in [0.15, 0.2) is 97.5 Å². The molecule has 4 N–H and O–H groups in total. The maximum absolute atomic E-state index is 10.5. The monoisotopic (exact) mass is 398 g/mol. The van der Waals surface area contributed by atoms with Gasteiger partial charge in [-0.25, -0.2) is 15.0 Å². The molecule has 1 aromatic carbocycles. The van der Waals surface area contributed by atoms with Crippen LogP contribution in [0.4, 0.5) is 17.5 Å². The highest BCUT2D eigenvalue weighted by Gasteiger charge is 2.14. The molecule has 0 saturated heterocycles. The zero-order valence-electron chi connectivity index (χ0n) is 16.2. The lowest BCUT2D eigenvalue weighted by Gasteiger charge is -2.22. The van der Waals surface area contributed by atoms with Crippen LogP contribution in [-0.2, 0) is 0 Å². The molecule has 3 heterocycles. The molecule has 0 fully saturated rings. The first kappa shape index (κ1) is 19.4. The third-order valence-corrected chi connectivity index (χ3v) is 4.45. The van der Waals surface area contributed by atoms with E-state index in [9.17, 15) is 5.11 Å². The maximum Gasteiger partial charge on any atom is 0.151 e. The van der Waals surface area contributed by atoms with Crippen LogP contribution >= 0.6 is 0 Å². The molecule has 1 unspecified atom stereocenters. The van der Waals surface area contributed by atoms with E-state index in [2.05, 4.69) is 30.9 Å². The van der Waals surface area contributed by atoms with Gasteiger partial charge in [-0.05, 0) is 42.0 Å². The minimum Gasteiger partial charge on any atom is -0.369 e. The van der Waals surface area contributed by atoms with Crippen molar-refractivity contribution in [3.05, 3.63) is 109 Å². The highest BCUT2D eigenvalue weighted by atomic mass is 16.3. The van der Waals surface area contributed by atoms with Crippen molar-refractivity contribution < 1.29 is 5.11 Å². The largest absolute Gasteiger partial charge is 0.369 e. The molecule has 1 atom stereocenters. The van der Waals surface area contributed by atoms with E-state index in [0.717, 1.165) is 22.8 Å². The molecule has 3 aromatic heterocycles. The number of hydrogen-bond donors (Lipinski definition) is 4. The minimum absolute atomic E-state index is 0.259. The quantitative estimate of drug-likeness (QED) is 0.331. The molecule has 4 aromatic rings. The van der Waals surface area contributed by atoms with Crippen molar-refractivity contribution in [2.24, 2.45) is 0 Å². The van der Waals surface area contributed by atoms with E-state index in [1.54, 1.807) is 24.7 Å². The predicted octanol–water partition coefficient (Wildman–Crippen LogP) is 4.20. The molecule has 150 valence electrons. The van der Waals surface area contributed by atoms with E-state index in [-0.39, 0.29) is 6.17 Å². The van der Waals surface area contributed by atoms with Gasteiger partial charge in [-0.15, -0.1) is 0 Å². The van der Waals surface area contributed by atoms with E-state index in [0.29, 0.717) is 5.82 Å². The lowest BCUT2D eigenvalue weighted by Crippen LogP contribution is -2.21. The molecule has 0 bridgehead atoms. The number of hydrogen-bond acceptors (Lipinski definition) is 7. The molecular formula is C23H22N6O. The number of aromatic nitrogens is 3. The van der Waals surface area contributed by atoms with Gasteiger partial charge < -0.3 is 21.1 Å². The lowest BCUT2D eigenvalue weighted by atomic mass is 10.1. The number of aliphatic hydroxyl groups excluding tert-OH is 1. The van der Waals surface area contributed by atoms with E-state index < -0.39 is 6.23 Å². The van der Waals surface area contributed by atoms with Crippen molar-refractivity contribution in [1.82, 2.24) is 15.0 Å². The van der Waals surface area contributed by atoms with E-state index in [4.69, 9.17) is 0 Å². The van der Waals surface area contributed by atoms with Crippen LogP contribution < -0.4 is 16.0 Å². The Bertz CT molecular complexity index is 988. The summed E-state index contributed by atoms with van der Waals surface area (Å²) in [6.07, 6.45) is 4.03. The number of pyridine rings is 3. The fourth-order valence-corrected chi connectivity index (χ4v) is 2.94. The molecule has 0 amide bonds. The zero-order chi connectivity index (χ0) is 20.6. The second kappa shape index (κ2) is 9.49. The van der Waals surface area contributed by atoms with E-state index in [1.807, 2.05) is 72.8 Å². The Kier molecular flexibility index (Phi) is 6.12. The summed E-state index contributed by atoms with van der Waals surface area (Å²) in [6.45, 7) is 0. The minimum atomic E-state index is -0.861. The van der Waals surface area contributed by atoms with Crippen LogP contribution in [0.3, 0.4) is 0 Å². The smallest absolute Gasteiger partial charge is 0.151 e. The van der Waals surface area contributed by atoms with Crippen molar-refractivity contribution in [2.75, 3.05) is 16.0 Å². The fraction of sp³-hybridized carbons (Fsp3) is 0.0870. The zero-order valence-corrected chi connectivity index (χ0v) is 16.2. The van der Waals surface area contributed by atoms with E-state index >= 15 is 0 Å². The Morgan fingerprint density at radius 1 is 0.533 bits per heavy atom. The van der Waals surface area contributed by atoms with Gasteiger partial charge in [0.1, 0.15) is 23.6 Å². The van der Waals surface area contributed by atoms with Crippen molar-refractivity contribution >= 4 is 17.5 Å². The third-order valence-electron chi connectivity index (χ3n) is 4.45. The molecule has 0 aliphatic carbocycles. The molecule has 0 radical (unpaired) electrons. The molecule has 4 rings (SSSR count). The number of anilines is 3. The number of aliphatic hydroxyl groups is 1. The van der Waals surface area contributed by atoms with Crippen molar-refractivity contribution in [1.29, 1.82) is 0 Å². The third kappa shape index (κ3) is 5.09. The molecule has 7 heteroatoms. The van der Waals surface area contributed by atoms with Gasteiger partial charge in [0.2, 0.25) is 0 Å². The number of benzene rings is 1. The highest BCUT2D eigenvalue weighted by molar-refractivity contribution is 5.46. The first-order valence-corrected chi connectivity index (χ1v) is 9.58. The van der Waals surface area contributed by atoms with Gasteiger partial charge in [-0.3, -0.25) is 0 Å². The van der Waals surface area contributed by atoms with Gasteiger partial charge in [-0.1, -0.05) is 42.5 Å². The number of nitrogens with zero attached hydrogens (tertiary/aromatic N) is 3. The second-order valence-electron chi connectivity index (χ2n) is 6.58. The summed E-state index contributed by atoms with van der Waals surface area (Å²) in [5.41, 5.74) is 1.71. The molecule has 0 aliphatic rings. The summed E-state index contributed by atoms with van der Waals surface area (Å²) >= 11 is 0. The molecule has 0 spiro atoms. The van der Waals surface area contributed by atoms with Gasteiger partial charge in [0.25, 0.3) is 0 Å². The number of nitrogens with one attached hydrogen (secondary N) is 3. The summed E-state index contributed by atoms with van der Waals surface area (Å²) in [4.78, 5) is 12.9. The van der Waals surface area contributed by atoms with Crippen LogP contribution in [0.5, 0.6) is 0 Å². The average molecular weight is 398 g/mol. The Morgan fingerprint density at radius 3 is 1.40 bits per heavy atom. The second-order valence-corrected chi connectivity index (χ2v) is 6.58. The predicted molar refractivity (Wildman–Crippen MR) is 118 cm³/mol. The normalized spacial score (nSPS) is 11.7.